The fourth-order valence-corrected chi connectivity index (χ4v) is 2.79. The number of aromatic nitrogens is 1. The summed E-state index contributed by atoms with van der Waals surface area (Å²) in [4.78, 5) is 17.3. The maximum atomic E-state index is 10.9. The molecule has 3 aromatic rings. The summed E-state index contributed by atoms with van der Waals surface area (Å²) in [6.45, 7) is 4.40. The molecule has 29 heavy (non-hydrogen) atoms. The number of aryl methyl sites for hydroxylation is 1. The van der Waals surface area contributed by atoms with Crippen LogP contribution in [-0.4, -0.2) is 31.2 Å². The van der Waals surface area contributed by atoms with E-state index in [1.165, 1.54) is 6.92 Å². The van der Waals surface area contributed by atoms with E-state index in [-0.39, 0.29) is 5.97 Å². The van der Waals surface area contributed by atoms with Crippen molar-refractivity contribution in [2.75, 3.05) is 25.1 Å². The van der Waals surface area contributed by atoms with E-state index < -0.39 is 0 Å². The molecule has 6 nitrogen and oxygen atoms in total. The number of carbonyl (C=O) groups is 1. The van der Waals surface area contributed by atoms with E-state index in [1.807, 2.05) is 79.5 Å². The molecule has 0 amide bonds. The van der Waals surface area contributed by atoms with Crippen LogP contribution in [0.3, 0.4) is 0 Å². The van der Waals surface area contributed by atoms with Gasteiger partial charge in [-0.2, -0.15) is 10.2 Å². The van der Waals surface area contributed by atoms with Crippen LogP contribution in [0.25, 0.3) is 11.3 Å². The Morgan fingerprint density at radius 3 is 2.52 bits per heavy atom. The monoisotopic (exact) mass is 388 g/mol. The van der Waals surface area contributed by atoms with E-state index >= 15 is 0 Å². The molecule has 0 saturated heterocycles. The Kier molecular flexibility index (Phi) is 6.68. The molecular formula is C23H24N4O2. The van der Waals surface area contributed by atoms with Gasteiger partial charge in [0.2, 0.25) is 0 Å². The van der Waals surface area contributed by atoms with Gasteiger partial charge in [0.25, 0.3) is 0 Å². The van der Waals surface area contributed by atoms with Crippen LogP contribution in [0, 0.1) is 6.92 Å². The lowest BCUT2D eigenvalue weighted by atomic mass is 10.1. The van der Waals surface area contributed by atoms with Gasteiger partial charge in [-0.25, -0.2) is 0 Å². The fraction of sp³-hybridized carbons (Fsp3) is 0.217. The van der Waals surface area contributed by atoms with E-state index in [9.17, 15) is 4.79 Å². The average molecular weight is 388 g/mol. The zero-order valence-corrected chi connectivity index (χ0v) is 16.9. The second kappa shape index (κ2) is 9.59. The van der Waals surface area contributed by atoms with Crippen molar-refractivity contribution in [3.63, 3.8) is 0 Å². The molecule has 0 saturated carbocycles. The normalized spacial score (nSPS) is 10.9. The topological polar surface area (TPSA) is 67.2 Å². The Hall–Kier alpha value is -3.54. The Morgan fingerprint density at radius 1 is 1.07 bits per heavy atom. The van der Waals surface area contributed by atoms with Gasteiger partial charge in [0.15, 0.2) is 0 Å². The van der Waals surface area contributed by atoms with Gasteiger partial charge in [-0.15, -0.1) is 0 Å². The van der Waals surface area contributed by atoms with Crippen molar-refractivity contribution in [2.24, 2.45) is 10.2 Å². The lowest BCUT2D eigenvalue weighted by molar-refractivity contribution is -0.140. The van der Waals surface area contributed by atoms with Crippen LogP contribution in [0.4, 0.5) is 17.1 Å². The highest BCUT2D eigenvalue weighted by Crippen LogP contribution is 2.27. The molecule has 0 radical (unpaired) electrons. The molecule has 0 aliphatic carbocycles. The Labute approximate surface area is 170 Å². The zero-order valence-electron chi connectivity index (χ0n) is 16.9. The molecule has 1 aromatic heterocycles. The minimum absolute atomic E-state index is 0.265. The third-order valence-corrected chi connectivity index (χ3v) is 4.45. The fourth-order valence-electron chi connectivity index (χ4n) is 2.79. The highest BCUT2D eigenvalue weighted by atomic mass is 16.5. The van der Waals surface area contributed by atoms with Crippen molar-refractivity contribution in [3.8, 4) is 11.3 Å². The van der Waals surface area contributed by atoms with Crippen LogP contribution in [-0.2, 0) is 9.53 Å². The first-order valence-electron chi connectivity index (χ1n) is 9.41. The van der Waals surface area contributed by atoms with Crippen LogP contribution in [0.2, 0.25) is 0 Å². The molecule has 3 rings (SSSR count). The van der Waals surface area contributed by atoms with E-state index in [1.54, 1.807) is 6.20 Å². The standard InChI is InChI=1S/C23H24N4O2/c1-17-16-21(27(3)14-15-29-18(2)28)11-12-22(17)26-25-20-9-7-19(8-10-20)23-6-4-5-13-24-23/h4-13,16H,14-15H2,1-3H3. The van der Waals surface area contributed by atoms with Crippen molar-refractivity contribution >= 4 is 23.0 Å². The molecule has 0 spiro atoms. The first kappa shape index (κ1) is 20.2. The van der Waals surface area contributed by atoms with Crippen molar-refractivity contribution in [2.45, 2.75) is 13.8 Å². The number of hydrogen-bond donors (Lipinski definition) is 0. The predicted molar refractivity (Wildman–Crippen MR) is 115 cm³/mol. The predicted octanol–water partition coefficient (Wildman–Crippen LogP) is 5.47. The molecular weight excluding hydrogens is 364 g/mol. The number of esters is 1. The molecule has 0 aliphatic heterocycles. The molecule has 0 fully saturated rings. The summed E-state index contributed by atoms with van der Waals surface area (Å²) in [6.07, 6.45) is 1.78. The average Bonchev–Trinajstić information content (AvgIpc) is 2.73. The Bertz CT molecular complexity index is 986. The van der Waals surface area contributed by atoms with Crippen molar-refractivity contribution in [1.29, 1.82) is 0 Å². The molecule has 0 bridgehead atoms. The van der Waals surface area contributed by atoms with E-state index in [0.717, 1.165) is 33.9 Å². The summed E-state index contributed by atoms with van der Waals surface area (Å²) in [5.74, 6) is -0.265. The van der Waals surface area contributed by atoms with Crippen LogP contribution < -0.4 is 4.90 Å². The van der Waals surface area contributed by atoms with Crippen molar-refractivity contribution in [1.82, 2.24) is 4.98 Å². The quantitative estimate of drug-likeness (QED) is 0.397. The number of nitrogens with zero attached hydrogens (tertiary/aromatic N) is 4. The highest BCUT2D eigenvalue weighted by molar-refractivity contribution is 5.66. The first-order valence-corrected chi connectivity index (χ1v) is 9.41. The third-order valence-electron chi connectivity index (χ3n) is 4.45. The van der Waals surface area contributed by atoms with Crippen LogP contribution in [0.15, 0.2) is 77.1 Å². The summed E-state index contributed by atoms with van der Waals surface area (Å²) in [7, 11) is 1.96. The molecule has 1 heterocycles. The molecule has 0 unspecified atom stereocenters. The van der Waals surface area contributed by atoms with Gasteiger partial charge in [-0.3, -0.25) is 9.78 Å². The SMILES string of the molecule is CC(=O)OCCN(C)c1ccc(N=Nc2ccc(-c3ccccn3)cc2)c(C)c1. The molecule has 6 heteroatoms. The van der Waals surface area contributed by atoms with Gasteiger partial charge in [0.05, 0.1) is 23.6 Å². The number of anilines is 1. The van der Waals surface area contributed by atoms with Gasteiger partial charge < -0.3 is 9.64 Å². The summed E-state index contributed by atoms with van der Waals surface area (Å²) >= 11 is 0. The highest BCUT2D eigenvalue weighted by Gasteiger charge is 2.05. The van der Waals surface area contributed by atoms with Crippen LogP contribution in [0.5, 0.6) is 0 Å². The number of hydrogen-bond acceptors (Lipinski definition) is 6. The van der Waals surface area contributed by atoms with Crippen LogP contribution in [0.1, 0.15) is 12.5 Å². The number of likely N-dealkylation sites (N-methyl/N-ethyl adjacent to an activating group) is 1. The Balaban J connectivity index is 1.65. The minimum Gasteiger partial charge on any atom is -0.464 e. The van der Waals surface area contributed by atoms with Crippen LogP contribution >= 0.6 is 0 Å². The van der Waals surface area contributed by atoms with E-state index in [0.29, 0.717) is 13.2 Å². The summed E-state index contributed by atoms with van der Waals surface area (Å²) < 4.78 is 4.99. The van der Waals surface area contributed by atoms with E-state index in [2.05, 4.69) is 15.2 Å². The smallest absolute Gasteiger partial charge is 0.302 e. The second-order valence-electron chi connectivity index (χ2n) is 6.69. The number of carbonyl (C=O) groups excluding carboxylic acids is 1. The number of azo groups is 1. The minimum atomic E-state index is -0.265. The van der Waals surface area contributed by atoms with Gasteiger partial charge in [0, 0.05) is 31.4 Å². The number of rotatable bonds is 7. The summed E-state index contributed by atoms with van der Waals surface area (Å²) in [6, 6.07) is 19.7. The maximum absolute atomic E-state index is 10.9. The first-order chi connectivity index (χ1) is 14.0. The lowest BCUT2D eigenvalue weighted by Crippen LogP contribution is -2.23. The maximum Gasteiger partial charge on any atom is 0.302 e. The molecule has 0 aliphatic rings. The summed E-state index contributed by atoms with van der Waals surface area (Å²) in [5, 5.41) is 8.73. The van der Waals surface area contributed by atoms with Gasteiger partial charge >= 0.3 is 5.97 Å². The van der Waals surface area contributed by atoms with Crippen molar-refractivity contribution < 1.29 is 9.53 Å². The molecule has 2 aromatic carbocycles. The summed E-state index contributed by atoms with van der Waals surface area (Å²) in [5.41, 5.74) is 5.63. The molecule has 0 N–H and O–H groups in total. The number of pyridine rings is 1. The van der Waals surface area contributed by atoms with Gasteiger partial charge in [-0.1, -0.05) is 18.2 Å². The molecule has 148 valence electrons. The largest absolute Gasteiger partial charge is 0.464 e. The zero-order chi connectivity index (χ0) is 20.6. The molecule has 0 atom stereocenters. The lowest BCUT2D eigenvalue weighted by Gasteiger charge is -2.19. The number of benzene rings is 2. The van der Waals surface area contributed by atoms with Gasteiger partial charge in [-0.05, 0) is 55.0 Å². The Morgan fingerprint density at radius 2 is 1.86 bits per heavy atom. The number of ether oxygens (including phenoxy) is 1. The van der Waals surface area contributed by atoms with E-state index in [4.69, 9.17) is 4.74 Å². The second-order valence-corrected chi connectivity index (χ2v) is 6.69. The van der Waals surface area contributed by atoms with Crippen molar-refractivity contribution in [3.05, 3.63) is 72.4 Å². The third kappa shape index (κ3) is 5.72. The van der Waals surface area contributed by atoms with Gasteiger partial charge in [0.1, 0.15) is 6.61 Å².